The van der Waals surface area contributed by atoms with Crippen LogP contribution in [0, 0.1) is 5.92 Å². The molecule has 3 aromatic rings. The van der Waals surface area contributed by atoms with Crippen LogP contribution in [0.2, 0.25) is 0 Å². The molecule has 9 heteroatoms. The molecule has 0 N–H and O–H groups in total. The molecule has 3 heterocycles. The van der Waals surface area contributed by atoms with E-state index >= 15 is 0 Å². The van der Waals surface area contributed by atoms with E-state index in [4.69, 9.17) is 4.98 Å². The van der Waals surface area contributed by atoms with Gasteiger partial charge in [0.25, 0.3) is 0 Å². The summed E-state index contributed by atoms with van der Waals surface area (Å²) in [6.07, 6.45) is 2.33. The third-order valence-electron chi connectivity index (χ3n) is 5.35. The van der Waals surface area contributed by atoms with Crippen LogP contribution in [-0.4, -0.2) is 52.7 Å². The molecule has 1 aromatic carbocycles. The first-order valence-electron chi connectivity index (χ1n) is 10.2. The monoisotopic (exact) mass is 428 g/mol. The van der Waals surface area contributed by atoms with Crippen molar-refractivity contribution in [1.29, 1.82) is 0 Å². The van der Waals surface area contributed by atoms with Gasteiger partial charge in [0, 0.05) is 24.8 Å². The molecule has 0 amide bonds. The molecule has 4 rings (SSSR count). The number of nitrogens with zero attached hydrogens (tertiary/aromatic N) is 6. The second-order valence-electron chi connectivity index (χ2n) is 9.24. The summed E-state index contributed by atoms with van der Waals surface area (Å²) in [6.45, 7) is 10.6. The normalized spacial score (nSPS) is 17.8. The Balaban J connectivity index is 1.81. The highest BCUT2D eigenvalue weighted by Gasteiger charge is 2.28. The minimum absolute atomic E-state index is 0.221. The Labute approximate surface area is 177 Å². The van der Waals surface area contributed by atoms with Gasteiger partial charge >= 0.3 is 0 Å². The minimum Gasteiger partial charge on any atom is -0.354 e. The van der Waals surface area contributed by atoms with Crippen LogP contribution in [0.15, 0.2) is 29.2 Å². The largest absolute Gasteiger partial charge is 0.354 e. The lowest BCUT2D eigenvalue weighted by atomic mass is 9.96. The van der Waals surface area contributed by atoms with E-state index in [-0.39, 0.29) is 12.0 Å². The molecule has 0 saturated carbocycles. The minimum atomic E-state index is -3.34. The third kappa shape index (κ3) is 4.03. The first-order chi connectivity index (χ1) is 14.0. The number of benzene rings is 1. The van der Waals surface area contributed by atoms with Crippen molar-refractivity contribution >= 4 is 26.8 Å². The van der Waals surface area contributed by atoms with Crippen LogP contribution in [0.25, 0.3) is 11.2 Å². The van der Waals surface area contributed by atoms with E-state index in [1.807, 2.05) is 6.07 Å². The van der Waals surface area contributed by atoms with E-state index < -0.39 is 9.84 Å². The Hall–Kier alpha value is -2.55. The molecule has 1 saturated heterocycles. The smallest absolute Gasteiger partial charge is 0.207 e. The zero-order valence-corrected chi connectivity index (χ0v) is 18.9. The van der Waals surface area contributed by atoms with Crippen molar-refractivity contribution in [2.75, 3.05) is 24.2 Å². The highest BCUT2D eigenvalue weighted by molar-refractivity contribution is 7.90. The van der Waals surface area contributed by atoms with Crippen molar-refractivity contribution in [3.8, 4) is 0 Å². The molecule has 1 fully saturated rings. The van der Waals surface area contributed by atoms with Crippen LogP contribution in [0.4, 0.5) is 5.82 Å². The number of hydrogen-bond donors (Lipinski definition) is 0. The third-order valence-corrected chi connectivity index (χ3v) is 6.55. The lowest BCUT2D eigenvalue weighted by Crippen LogP contribution is -2.24. The number of hydrogen-bond acceptors (Lipinski definition) is 7. The molecule has 30 heavy (non-hydrogen) atoms. The summed E-state index contributed by atoms with van der Waals surface area (Å²) in [6, 6.07) is 6.95. The van der Waals surface area contributed by atoms with Gasteiger partial charge in [-0.25, -0.2) is 18.4 Å². The summed E-state index contributed by atoms with van der Waals surface area (Å²) < 4.78 is 24.3. The van der Waals surface area contributed by atoms with Crippen molar-refractivity contribution in [2.24, 2.45) is 5.92 Å². The molecule has 0 bridgehead atoms. The van der Waals surface area contributed by atoms with E-state index in [0.717, 1.165) is 31.2 Å². The highest BCUT2D eigenvalue weighted by atomic mass is 32.2. The van der Waals surface area contributed by atoms with Crippen molar-refractivity contribution in [3.05, 3.63) is 35.7 Å². The molecule has 8 nitrogen and oxygen atoms in total. The average molecular weight is 429 g/mol. The van der Waals surface area contributed by atoms with Gasteiger partial charge in [0.05, 0.1) is 11.4 Å². The Morgan fingerprint density at radius 2 is 1.87 bits per heavy atom. The Kier molecular flexibility index (Phi) is 5.04. The molecule has 0 spiro atoms. The van der Waals surface area contributed by atoms with Crippen molar-refractivity contribution in [1.82, 2.24) is 25.0 Å². The van der Waals surface area contributed by atoms with E-state index in [0.29, 0.717) is 27.5 Å². The fraction of sp³-hybridized carbons (Fsp3) is 0.524. The van der Waals surface area contributed by atoms with Gasteiger partial charge in [0.2, 0.25) is 5.65 Å². The Morgan fingerprint density at radius 3 is 2.50 bits per heavy atom. The van der Waals surface area contributed by atoms with Crippen molar-refractivity contribution in [2.45, 2.75) is 51.0 Å². The summed E-state index contributed by atoms with van der Waals surface area (Å²) in [5.74, 6) is 2.15. The lowest BCUT2D eigenvalue weighted by Gasteiger charge is -2.21. The van der Waals surface area contributed by atoms with Gasteiger partial charge < -0.3 is 4.90 Å². The first kappa shape index (κ1) is 20.7. The quantitative estimate of drug-likeness (QED) is 0.631. The Morgan fingerprint density at radius 1 is 1.13 bits per heavy atom. The molecule has 1 aliphatic heterocycles. The number of sulfone groups is 1. The maximum atomic E-state index is 12.2. The summed E-state index contributed by atoms with van der Waals surface area (Å²) in [5, 5.41) is 9.26. The van der Waals surface area contributed by atoms with Crippen LogP contribution in [-0.2, 0) is 21.8 Å². The first-order valence-corrected chi connectivity index (χ1v) is 12.1. The summed E-state index contributed by atoms with van der Waals surface area (Å²) in [5.41, 5.74) is 1.64. The van der Waals surface area contributed by atoms with E-state index in [1.54, 1.807) is 18.2 Å². The van der Waals surface area contributed by atoms with Gasteiger partial charge in [0.1, 0.15) is 5.82 Å². The standard InChI is InChI=1S/C21H28N6O2S/c1-14-10-11-26(12-14)19-17-18(22-20(23-19)21(2,3)4)25-27(24-17)13-15-8-6-7-9-16(15)30(5,28)29/h6-9,14H,10-13H2,1-5H3. The molecule has 1 atom stereocenters. The van der Waals surface area contributed by atoms with Gasteiger partial charge in [-0.2, -0.15) is 4.80 Å². The molecule has 160 valence electrons. The number of anilines is 1. The summed E-state index contributed by atoms with van der Waals surface area (Å²) in [7, 11) is -3.34. The van der Waals surface area contributed by atoms with Gasteiger partial charge in [-0.3, -0.25) is 0 Å². The second-order valence-corrected chi connectivity index (χ2v) is 11.2. The summed E-state index contributed by atoms with van der Waals surface area (Å²) in [4.78, 5) is 13.6. The molecule has 0 radical (unpaired) electrons. The van der Waals surface area contributed by atoms with Crippen LogP contribution in [0.1, 0.15) is 45.5 Å². The predicted octanol–water partition coefficient (Wildman–Crippen LogP) is 2.82. The number of rotatable bonds is 4. The summed E-state index contributed by atoms with van der Waals surface area (Å²) >= 11 is 0. The SMILES string of the molecule is CC1CCN(c2nc(C(C)(C)C)nc3nn(Cc4ccccc4S(C)(=O)=O)nc23)C1. The van der Waals surface area contributed by atoms with Gasteiger partial charge in [-0.15, -0.1) is 10.2 Å². The van der Waals surface area contributed by atoms with E-state index in [9.17, 15) is 8.42 Å². The maximum absolute atomic E-state index is 12.2. The van der Waals surface area contributed by atoms with E-state index in [1.165, 1.54) is 11.1 Å². The van der Waals surface area contributed by atoms with Crippen molar-refractivity contribution in [3.63, 3.8) is 0 Å². The molecule has 2 aromatic heterocycles. The predicted molar refractivity (Wildman–Crippen MR) is 116 cm³/mol. The fourth-order valence-corrected chi connectivity index (χ4v) is 4.67. The molecule has 1 aliphatic rings. The maximum Gasteiger partial charge on any atom is 0.207 e. The highest BCUT2D eigenvalue weighted by Crippen LogP contribution is 2.30. The molecule has 1 unspecified atom stereocenters. The Bertz CT molecular complexity index is 1200. The average Bonchev–Trinajstić information content (AvgIpc) is 3.25. The number of fused-ring (bicyclic) bond motifs is 1. The lowest BCUT2D eigenvalue weighted by molar-refractivity contribution is 0.546. The van der Waals surface area contributed by atoms with E-state index in [2.05, 4.69) is 47.8 Å². The fourth-order valence-electron chi connectivity index (χ4n) is 3.74. The zero-order valence-electron chi connectivity index (χ0n) is 18.1. The van der Waals surface area contributed by atoms with Crippen LogP contribution in [0.3, 0.4) is 0 Å². The van der Waals surface area contributed by atoms with Crippen LogP contribution in [0.5, 0.6) is 0 Å². The van der Waals surface area contributed by atoms with Gasteiger partial charge in [-0.05, 0) is 24.0 Å². The number of aromatic nitrogens is 5. The molecular formula is C21H28N6O2S. The van der Waals surface area contributed by atoms with Crippen LogP contribution >= 0.6 is 0 Å². The van der Waals surface area contributed by atoms with Crippen molar-refractivity contribution < 1.29 is 8.42 Å². The molecule has 0 aliphatic carbocycles. The molecular weight excluding hydrogens is 400 g/mol. The van der Waals surface area contributed by atoms with Gasteiger partial charge in [0.15, 0.2) is 21.2 Å². The van der Waals surface area contributed by atoms with Crippen LogP contribution < -0.4 is 4.90 Å². The zero-order chi connectivity index (χ0) is 21.7. The van der Waals surface area contributed by atoms with Gasteiger partial charge in [-0.1, -0.05) is 45.9 Å². The topological polar surface area (TPSA) is 93.9 Å². The second kappa shape index (κ2) is 7.30.